The van der Waals surface area contributed by atoms with Gasteiger partial charge in [0.05, 0.1) is 11.1 Å². The molecular formula is C17H15N3S. The number of nitrogens with zero attached hydrogens (tertiary/aromatic N) is 2. The fourth-order valence-corrected chi connectivity index (χ4v) is 2.47. The van der Waals surface area contributed by atoms with Gasteiger partial charge in [0.25, 0.3) is 0 Å². The number of hydrogen-bond donors (Lipinski definition) is 1. The first-order valence-corrected chi connectivity index (χ1v) is 7.06. The number of anilines is 2. The van der Waals surface area contributed by atoms with Crippen molar-refractivity contribution in [2.75, 3.05) is 11.9 Å². The second-order valence-corrected chi connectivity index (χ2v) is 5.25. The van der Waals surface area contributed by atoms with Gasteiger partial charge in [0.2, 0.25) is 0 Å². The van der Waals surface area contributed by atoms with E-state index in [1.807, 2.05) is 72.6 Å². The maximum atomic E-state index is 5.89. The third-order valence-electron chi connectivity index (χ3n) is 3.43. The van der Waals surface area contributed by atoms with Crippen molar-refractivity contribution in [1.82, 2.24) is 4.98 Å². The Hall–Kier alpha value is -2.46. The second-order valence-electron chi connectivity index (χ2n) is 4.81. The Morgan fingerprint density at radius 3 is 2.43 bits per heavy atom. The molecule has 0 aliphatic carbocycles. The highest BCUT2D eigenvalue weighted by molar-refractivity contribution is 7.80. The van der Waals surface area contributed by atoms with Crippen molar-refractivity contribution in [2.45, 2.75) is 0 Å². The van der Waals surface area contributed by atoms with Crippen LogP contribution in [0, 0.1) is 0 Å². The number of pyridine rings is 1. The first-order chi connectivity index (χ1) is 10.2. The number of hydrogen-bond acceptors (Lipinski definition) is 3. The predicted octanol–water partition coefficient (Wildman–Crippen LogP) is 3.64. The molecule has 2 N–H and O–H groups in total. The van der Waals surface area contributed by atoms with Crippen LogP contribution in [0.5, 0.6) is 0 Å². The lowest BCUT2D eigenvalue weighted by Crippen LogP contribution is -2.19. The SMILES string of the molecule is CN(c1ccccc1)c1nc2ccccc2cc1C(N)=S. The molecule has 3 nitrogen and oxygen atoms in total. The Labute approximate surface area is 129 Å². The van der Waals surface area contributed by atoms with Crippen molar-refractivity contribution in [1.29, 1.82) is 0 Å². The molecule has 0 spiro atoms. The number of rotatable bonds is 3. The lowest BCUT2D eigenvalue weighted by molar-refractivity contribution is 1.14. The normalized spacial score (nSPS) is 10.5. The molecular weight excluding hydrogens is 278 g/mol. The summed E-state index contributed by atoms with van der Waals surface area (Å²) in [5.74, 6) is 0.771. The van der Waals surface area contributed by atoms with Crippen molar-refractivity contribution in [3.05, 3.63) is 66.2 Å². The summed E-state index contributed by atoms with van der Waals surface area (Å²) in [4.78, 5) is 7.08. The minimum atomic E-state index is 0.353. The highest BCUT2D eigenvalue weighted by atomic mass is 32.1. The van der Waals surface area contributed by atoms with Crippen LogP contribution in [0.2, 0.25) is 0 Å². The largest absolute Gasteiger partial charge is 0.389 e. The maximum absolute atomic E-state index is 5.89. The van der Waals surface area contributed by atoms with E-state index in [4.69, 9.17) is 22.9 Å². The third kappa shape index (κ3) is 2.58. The first-order valence-electron chi connectivity index (χ1n) is 6.65. The summed E-state index contributed by atoms with van der Waals surface area (Å²) in [6.45, 7) is 0. The molecule has 0 fully saturated rings. The lowest BCUT2D eigenvalue weighted by Gasteiger charge is -2.21. The fourth-order valence-electron chi connectivity index (χ4n) is 2.32. The van der Waals surface area contributed by atoms with E-state index >= 15 is 0 Å². The van der Waals surface area contributed by atoms with Crippen molar-refractivity contribution in [3.8, 4) is 0 Å². The molecule has 2 aromatic carbocycles. The number of thiocarbonyl (C=S) groups is 1. The van der Waals surface area contributed by atoms with Crippen molar-refractivity contribution < 1.29 is 0 Å². The molecule has 0 atom stereocenters. The summed E-state index contributed by atoms with van der Waals surface area (Å²) in [5, 5.41) is 1.03. The predicted molar refractivity (Wildman–Crippen MR) is 92.1 cm³/mol. The minimum Gasteiger partial charge on any atom is -0.389 e. The fraction of sp³-hybridized carbons (Fsp3) is 0.0588. The van der Waals surface area contributed by atoms with Gasteiger partial charge in [-0.25, -0.2) is 4.98 Å². The van der Waals surface area contributed by atoms with Crippen molar-refractivity contribution in [2.24, 2.45) is 5.73 Å². The van der Waals surface area contributed by atoms with E-state index in [0.29, 0.717) is 4.99 Å². The summed E-state index contributed by atoms with van der Waals surface area (Å²) in [5.41, 5.74) is 8.64. The molecule has 4 heteroatoms. The summed E-state index contributed by atoms with van der Waals surface area (Å²) in [6.07, 6.45) is 0. The number of para-hydroxylation sites is 2. The number of nitrogens with two attached hydrogens (primary N) is 1. The van der Waals surface area contributed by atoms with Gasteiger partial charge in [-0.3, -0.25) is 0 Å². The molecule has 0 amide bonds. The van der Waals surface area contributed by atoms with E-state index in [1.54, 1.807) is 0 Å². The molecule has 0 radical (unpaired) electrons. The van der Waals surface area contributed by atoms with Gasteiger partial charge < -0.3 is 10.6 Å². The number of benzene rings is 2. The number of aromatic nitrogens is 1. The van der Waals surface area contributed by atoms with Gasteiger partial charge in [-0.1, -0.05) is 48.6 Å². The zero-order valence-electron chi connectivity index (χ0n) is 11.7. The van der Waals surface area contributed by atoms with Gasteiger partial charge in [-0.05, 0) is 24.3 Å². The van der Waals surface area contributed by atoms with Crippen LogP contribution in [-0.2, 0) is 0 Å². The minimum absolute atomic E-state index is 0.353. The zero-order chi connectivity index (χ0) is 14.8. The van der Waals surface area contributed by atoms with Crippen LogP contribution < -0.4 is 10.6 Å². The average molecular weight is 293 g/mol. The van der Waals surface area contributed by atoms with E-state index in [-0.39, 0.29) is 0 Å². The van der Waals surface area contributed by atoms with Gasteiger partial charge in [-0.2, -0.15) is 0 Å². The second kappa shape index (κ2) is 5.50. The van der Waals surface area contributed by atoms with Gasteiger partial charge >= 0.3 is 0 Å². The Morgan fingerprint density at radius 1 is 1.05 bits per heavy atom. The van der Waals surface area contributed by atoms with Crippen molar-refractivity contribution >= 4 is 39.6 Å². The van der Waals surface area contributed by atoms with E-state index in [2.05, 4.69) is 0 Å². The summed E-state index contributed by atoms with van der Waals surface area (Å²) in [7, 11) is 1.97. The molecule has 104 valence electrons. The highest BCUT2D eigenvalue weighted by Crippen LogP contribution is 2.28. The topological polar surface area (TPSA) is 42.2 Å². The lowest BCUT2D eigenvalue weighted by atomic mass is 10.1. The third-order valence-corrected chi connectivity index (χ3v) is 3.65. The van der Waals surface area contributed by atoms with Gasteiger partial charge in [0.15, 0.2) is 0 Å². The number of fused-ring (bicyclic) bond motifs is 1. The van der Waals surface area contributed by atoms with Gasteiger partial charge in [0.1, 0.15) is 10.8 Å². The Bertz CT molecular complexity index is 799. The molecule has 1 aromatic heterocycles. The Kier molecular flexibility index (Phi) is 3.54. The molecule has 3 aromatic rings. The zero-order valence-corrected chi connectivity index (χ0v) is 12.5. The smallest absolute Gasteiger partial charge is 0.143 e. The molecule has 1 heterocycles. The van der Waals surface area contributed by atoms with E-state index in [9.17, 15) is 0 Å². The molecule has 21 heavy (non-hydrogen) atoms. The molecule has 0 unspecified atom stereocenters. The molecule has 0 bridgehead atoms. The average Bonchev–Trinajstić information content (AvgIpc) is 2.53. The Balaban J connectivity index is 2.20. The van der Waals surface area contributed by atoms with Crippen LogP contribution in [0.4, 0.5) is 11.5 Å². The quantitative estimate of drug-likeness (QED) is 0.749. The van der Waals surface area contributed by atoms with Crippen molar-refractivity contribution in [3.63, 3.8) is 0 Å². The van der Waals surface area contributed by atoms with Gasteiger partial charge in [0, 0.05) is 18.1 Å². The monoisotopic (exact) mass is 293 g/mol. The van der Waals surface area contributed by atoms with Crippen LogP contribution >= 0.6 is 12.2 Å². The van der Waals surface area contributed by atoms with Gasteiger partial charge in [-0.15, -0.1) is 0 Å². The van der Waals surface area contributed by atoms with Crippen LogP contribution in [0.15, 0.2) is 60.7 Å². The molecule has 0 aliphatic heterocycles. The highest BCUT2D eigenvalue weighted by Gasteiger charge is 2.14. The van der Waals surface area contributed by atoms with Crippen LogP contribution in [0.25, 0.3) is 10.9 Å². The maximum Gasteiger partial charge on any atom is 0.143 e. The van der Waals surface area contributed by atoms with E-state index in [0.717, 1.165) is 28.0 Å². The molecule has 3 rings (SSSR count). The van der Waals surface area contributed by atoms with Crippen LogP contribution in [0.3, 0.4) is 0 Å². The van der Waals surface area contributed by atoms with Crippen LogP contribution in [0.1, 0.15) is 5.56 Å². The molecule has 0 saturated carbocycles. The summed E-state index contributed by atoms with van der Waals surface area (Å²) < 4.78 is 0. The summed E-state index contributed by atoms with van der Waals surface area (Å²) >= 11 is 5.19. The standard InChI is InChI=1S/C17H15N3S/c1-20(13-8-3-2-4-9-13)17-14(16(18)21)11-12-7-5-6-10-15(12)19-17/h2-11H,1H3,(H2,18,21). The first kappa shape index (κ1) is 13.5. The van der Waals surface area contributed by atoms with E-state index < -0.39 is 0 Å². The van der Waals surface area contributed by atoms with E-state index in [1.165, 1.54) is 0 Å². The summed E-state index contributed by atoms with van der Waals surface area (Å²) in [6, 6.07) is 20.0. The van der Waals surface area contributed by atoms with Crippen LogP contribution in [-0.4, -0.2) is 17.0 Å². The molecule has 0 aliphatic rings. The molecule has 0 saturated heterocycles. The Morgan fingerprint density at radius 2 is 1.71 bits per heavy atom.